The normalized spacial score (nSPS) is 10.2. The summed E-state index contributed by atoms with van der Waals surface area (Å²) in [5.74, 6) is 0.488. The van der Waals surface area contributed by atoms with E-state index in [0.29, 0.717) is 32.6 Å². The van der Waals surface area contributed by atoms with Gasteiger partial charge in [-0.2, -0.15) is 0 Å². The number of carbonyl (C=O) groups excluding carboxylic acids is 1. The number of hydrogen-bond donors (Lipinski definition) is 1. The van der Waals surface area contributed by atoms with E-state index in [4.69, 9.17) is 33.7 Å². The van der Waals surface area contributed by atoms with Crippen molar-refractivity contribution < 1.29 is 9.53 Å². The zero-order chi connectivity index (χ0) is 13.8. The quantitative estimate of drug-likeness (QED) is 0.686. The molecule has 0 saturated carbocycles. The van der Waals surface area contributed by atoms with E-state index >= 15 is 0 Å². The molecule has 0 fully saturated rings. The molecule has 0 aliphatic heterocycles. The van der Waals surface area contributed by atoms with Gasteiger partial charge in [0.05, 0.1) is 5.69 Å². The number of anilines is 1. The first-order valence-corrected chi connectivity index (χ1v) is 6.28. The fourth-order valence-electron chi connectivity index (χ4n) is 1.59. The molecule has 0 aromatic heterocycles. The minimum atomic E-state index is 0.211. The summed E-state index contributed by atoms with van der Waals surface area (Å²) >= 11 is 12.1. The summed E-state index contributed by atoms with van der Waals surface area (Å²) in [7, 11) is 0. The van der Waals surface area contributed by atoms with E-state index in [9.17, 15) is 4.79 Å². The summed E-state index contributed by atoms with van der Waals surface area (Å²) < 4.78 is 5.57. The highest BCUT2D eigenvalue weighted by molar-refractivity contribution is 6.35. The molecular formula is C14H11Cl2NO2. The van der Waals surface area contributed by atoms with Gasteiger partial charge in [0.1, 0.15) is 18.6 Å². The Labute approximate surface area is 120 Å². The van der Waals surface area contributed by atoms with Crippen molar-refractivity contribution in [3.05, 3.63) is 57.6 Å². The van der Waals surface area contributed by atoms with Crippen LogP contribution in [0.1, 0.15) is 15.9 Å². The van der Waals surface area contributed by atoms with E-state index in [1.807, 2.05) is 0 Å². The van der Waals surface area contributed by atoms with Gasteiger partial charge in [-0.1, -0.05) is 29.3 Å². The third-order valence-corrected chi connectivity index (χ3v) is 3.31. The number of hydrogen-bond acceptors (Lipinski definition) is 3. The summed E-state index contributed by atoms with van der Waals surface area (Å²) in [6.07, 6.45) is 0.727. The number of nitrogens with two attached hydrogens (primary N) is 1. The second kappa shape index (κ2) is 5.95. The van der Waals surface area contributed by atoms with Crippen LogP contribution in [0.5, 0.6) is 5.75 Å². The molecule has 0 spiro atoms. The van der Waals surface area contributed by atoms with Crippen molar-refractivity contribution in [2.45, 2.75) is 6.61 Å². The molecule has 0 radical (unpaired) electrons. The molecule has 2 N–H and O–H groups in total. The van der Waals surface area contributed by atoms with Crippen molar-refractivity contribution in [3.63, 3.8) is 0 Å². The van der Waals surface area contributed by atoms with E-state index in [1.54, 1.807) is 36.4 Å². The number of aldehydes is 1. The van der Waals surface area contributed by atoms with Gasteiger partial charge in [-0.3, -0.25) is 4.79 Å². The molecule has 0 atom stereocenters. The van der Waals surface area contributed by atoms with Gasteiger partial charge in [-0.15, -0.1) is 0 Å². The Morgan fingerprint density at radius 3 is 2.42 bits per heavy atom. The van der Waals surface area contributed by atoms with Gasteiger partial charge in [0.15, 0.2) is 0 Å². The Morgan fingerprint density at radius 2 is 1.84 bits per heavy atom. The maximum absolute atomic E-state index is 10.6. The Balaban J connectivity index is 2.17. The van der Waals surface area contributed by atoms with Gasteiger partial charge in [0, 0.05) is 21.2 Å². The van der Waals surface area contributed by atoms with Gasteiger partial charge >= 0.3 is 0 Å². The van der Waals surface area contributed by atoms with Crippen molar-refractivity contribution in [1.29, 1.82) is 0 Å². The molecule has 0 unspecified atom stereocenters. The maximum Gasteiger partial charge on any atom is 0.150 e. The van der Waals surface area contributed by atoms with Crippen molar-refractivity contribution in [2.75, 3.05) is 5.73 Å². The Hall–Kier alpha value is -1.71. The van der Waals surface area contributed by atoms with Gasteiger partial charge in [0.25, 0.3) is 0 Å². The lowest BCUT2D eigenvalue weighted by atomic mass is 10.2. The molecule has 2 aromatic rings. The van der Waals surface area contributed by atoms with Crippen LogP contribution in [0.25, 0.3) is 0 Å². The van der Waals surface area contributed by atoms with E-state index in [-0.39, 0.29) is 6.61 Å². The predicted octanol–water partition coefficient (Wildman–Crippen LogP) is 3.97. The number of rotatable bonds is 4. The van der Waals surface area contributed by atoms with Crippen LogP contribution in [-0.4, -0.2) is 6.29 Å². The molecule has 5 heteroatoms. The molecule has 0 saturated heterocycles. The van der Waals surface area contributed by atoms with Crippen LogP contribution in [0.3, 0.4) is 0 Å². The molecule has 0 heterocycles. The van der Waals surface area contributed by atoms with E-state index in [0.717, 1.165) is 6.29 Å². The Kier molecular flexibility index (Phi) is 4.30. The highest BCUT2D eigenvalue weighted by Gasteiger charge is 2.08. The number of carbonyl (C=O) groups is 1. The largest absolute Gasteiger partial charge is 0.487 e. The smallest absolute Gasteiger partial charge is 0.150 e. The zero-order valence-electron chi connectivity index (χ0n) is 9.90. The maximum atomic E-state index is 10.6. The van der Waals surface area contributed by atoms with Crippen molar-refractivity contribution in [3.8, 4) is 5.75 Å². The minimum absolute atomic E-state index is 0.211. The molecular weight excluding hydrogens is 285 g/mol. The molecule has 0 aliphatic rings. The first-order valence-electron chi connectivity index (χ1n) is 5.52. The SMILES string of the molecule is Nc1cc(C=O)ccc1OCc1c(Cl)cccc1Cl. The lowest BCUT2D eigenvalue weighted by molar-refractivity contribution is 0.112. The summed E-state index contributed by atoms with van der Waals surface area (Å²) in [5.41, 5.74) is 7.38. The van der Waals surface area contributed by atoms with E-state index in [2.05, 4.69) is 0 Å². The second-order valence-corrected chi connectivity index (χ2v) is 4.72. The van der Waals surface area contributed by atoms with Crippen LogP contribution in [0, 0.1) is 0 Å². The number of benzene rings is 2. The van der Waals surface area contributed by atoms with Crippen molar-refractivity contribution in [2.24, 2.45) is 0 Å². The average molecular weight is 296 g/mol. The van der Waals surface area contributed by atoms with Crippen LogP contribution in [0.2, 0.25) is 10.0 Å². The number of ether oxygens (including phenoxy) is 1. The zero-order valence-corrected chi connectivity index (χ0v) is 11.4. The Bertz CT molecular complexity index is 594. The third-order valence-electron chi connectivity index (χ3n) is 2.60. The standard InChI is InChI=1S/C14H11Cl2NO2/c15-11-2-1-3-12(16)10(11)8-19-14-5-4-9(7-18)6-13(14)17/h1-7H,8,17H2. The van der Waals surface area contributed by atoms with E-state index in [1.165, 1.54) is 0 Å². The van der Waals surface area contributed by atoms with Crippen molar-refractivity contribution in [1.82, 2.24) is 0 Å². The topological polar surface area (TPSA) is 52.3 Å². The van der Waals surface area contributed by atoms with Crippen LogP contribution in [0.15, 0.2) is 36.4 Å². The fourth-order valence-corrected chi connectivity index (χ4v) is 2.10. The molecule has 0 aliphatic carbocycles. The fraction of sp³-hybridized carbons (Fsp3) is 0.0714. The van der Waals surface area contributed by atoms with Crippen LogP contribution in [0.4, 0.5) is 5.69 Å². The molecule has 3 nitrogen and oxygen atoms in total. The molecule has 2 rings (SSSR count). The lowest BCUT2D eigenvalue weighted by Gasteiger charge is -2.11. The average Bonchev–Trinajstić information content (AvgIpc) is 2.39. The number of halogens is 2. The third kappa shape index (κ3) is 3.19. The monoisotopic (exact) mass is 295 g/mol. The Morgan fingerprint density at radius 1 is 1.16 bits per heavy atom. The predicted molar refractivity (Wildman–Crippen MR) is 77.0 cm³/mol. The molecule has 2 aromatic carbocycles. The van der Waals surface area contributed by atoms with Gasteiger partial charge < -0.3 is 10.5 Å². The summed E-state index contributed by atoms with van der Waals surface area (Å²) in [6, 6.07) is 10.1. The highest BCUT2D eigenvalue weighted by atomic mass is 35.5. The molecule has 98 valence electrons. The molecule has 0 bridgehead atoms. The second-order valence-electron chi connectivity index (χ2n) is 3.90. The summed E-state index contributed by atoms with van der Waals surface area (Å²) in [4.78, 5) is 10.6. The van der Waals surface area contributed by atoms with Gasteiger partial charge in [-0.05, 0) is 30.3 Å². The first kappa shape index (κ1) is 13.7. The highest BCUT2D eigenvalue weighted by Crippen LogP contribution is 2.28. The van der Waals surface area contributed by atoms with Crippen LogP contribution < -0.4 is 10.5 Å². The number of nitrogen functional groups attached to an aromatic ring is 1. The molecule has 0 amide bonds. The van der Waals surface area contributed by atoms with Crippen molar-refractivity contribution >= 4 is 35.2 Å². The van der Waals surface area contributed by atoms with E-state index < -0.39 is 0 Å². The minimum Gasteiger partial charge on any atom is -0.487 e. The van der Waals surface area contributed by atoms with Crippen LogP contribution >= 0.6 is 23.2 Å². The first-order chi connectivity index (χ1) is 9.11. The summed E-state index contributed by atoms with van der Waals surface area (Å²) in [5, 5.41) is 1.08. The van der Waals surface area contributed by atoms with Gasteiger partial charge in [0.2, 0.25) is 0 Å². The van der Waals surface area contributed by atoms with Crippen LogP contribution in [-0.2, 0) is 6.61 Å². The molecule has 19 heavy (non-hydrogen) atoms. The summed E-state index contributed by atoms with van der Waals surface area (Å²) in [6.45, 7) is 0.211. The van der Waals surface area contributed by atoms with Gasteiger partial charge in [-0.25, -0.2) is 0 Å². The lowest BCUT2D eigenvalue weighted by Crippen LogP contribution is -2.00.